The summed E-state index contributed by atoms with van der Waals surface area (Å²) >= 11 is 1.35. The van der Waals surface area contributed by atoms with E-state index in [-0.39, 0.29) is 10.8 Å². The average molecular weight is 415 g/mol. The summed E-state index contributed by atoms with van der Waals surface area (Å²) in [5, 5.41) is 4.68. The van der Waals surface area contributed by atoms with Gasteiger partial charge in [-0.15, -0.1) is 11.3 Å². The molecule has 7 heteroatoms. The smallest absolute Gasteiger partial charge is 0.257 e. The maximum Gasteiger partial charge on any atom is 0.257 e. The molecule has 0 bridgehead atoms. The minimum absolute atomic E-state index is 0.213. The van der Waals surface area contributed by atoms with E-state index in [2.05, 4.69) is 16.4 Å². The molecule has 0 unspecified atom stereocenters. The van der Waals surface area contributed by atoms with E-state index in [0.717, 1.165) is 16.8 Å². The molecule has 0 aliphatic carbocycles. The van der Waals surface area contributed by atoms with Gasteiger partial charge in [-0.1, -0.05) is 23.8 Å². The van der Waals surface area contributed by atoms with Crippen LogP contribution in [-0.4, -0.2) is 24.6 Å². The molecule has 0 atom stereocenters. The largest absolute Gasteiger partial charge is 0.298 e. The van der Waals surface area contributed by atoms with Crippen LogP contribution < -0.4 is 5.32 Å². The van der Waals surface area contributed by atoms with Gasteiger partial charge in [0.2, 0.25) is 0 Å². The summed E-state index contributed by atoms with van der Waals surface area (Å²) in [6, 6.07) is 12.1. The molecule has 0 aliphatic heterocycles. The van der Waals surface area contributed by atoms with Crippen molar-refractivity contribution in [3.05, 3.63) is 64.5 Å². The Morgan fingerprint density at radius 1 is 1.07 bits per heavy atom. The van der Waals surface area contributed by atoms with Crippen molar-refractivity contribution < 1.29 is 13.2 Å². The molecule has 3 aromatic rings. The second kappa shape index (κ2) is 7.85. The molecule has 1 N–H and O–H groups in total. The van der Waals surface area contributed by atoms with E-state index in [0.29, 0.717) is 10.7 Å². The molecule has 5 nitrogen and oxygen atoms in total. The molecular weight excluding hydrogens is 392 g/mol. The zero-order chi connectivity index (χ0) is 20.5. The van der Waals surface area contributed by atoms with Crippen LogP contribution in [0.3, 0.4) is 0 Å². The minimum atomic E-state index is -3.35. The number of anilines is 1. The van der Waals surface area contributed by atoms with Gasteiger partial charge in [0.1, 0.15) is 0 Å². The van der Waals surface area contributed by atoms with Gasteiger partial charge in [-0.3, -0.25) is 10.1 Å². The molecule has 0 radical (unpaired) electrons. The van der Waals surface area contributed by atoms with Crippen LogP contribution in [0, 0.1) is 13.8 Å². The van der Waals surface area contributed by atoms with Gasteiger partial charge >= 0.3 is 0 Å². The molecule has 3 rings (SSSR count). The quantitative estimate of drug-likeness (QED) is 0.647. The summed E-state index contributed by atoms with van der Waals surface area (Å²) in [7, 11) is -3.35. The molecule has 1 amide bonds. The Kier molecular flexibility index (Phi) is 5.67. The maximum atomic E-state index is 12.5. The van der Waals surface area contributed by atoms with E-state index >= 15 is 0 Å². The Balaban J connectivity index is 1.76. The summed E-state index contributed by atoms with van der Waals surface area (Å²) in [6.07, 6.45) is 0. The van der Waals surface area contributed by atoms with Crippen LogP contribution in [0.2, 0.25) is 0 Å². The number of nitrogens with zero attached hydrogens (tertiary/aromatic N) is 1. The van der Waals surface area contributed by atoms with Crippen LogP contribution in [0.15, 0.2) is 52.7 Å². The third-order valence-corrected chi connectivity index (χ3v) is 7.38. The van der Waals surface area contributed by atoms with Gasteiger partial charge in [0.15, 0.2) is 15.0 Å². The second-order valence-electron chi connectivity index (χ2n) is 6.93. The number of aryl methyl sites for hydroxylation is 2. The van der Waals surface area contributed by atoms with Crippen LogP contribution in [-0.2, 0) is 9.84 Å². The zero-order valence-corrected chi connectivity index (χ0v) is 17.8. The number of benzene rings is 2. The monoisotopic (exact) mass is 414 g/mol. The van der Waals surface area contributed by atoms with Gasteiger partial charge in [0.05, 0.1) is 15.8 Å². The topological polar surface area (TPSA) is 76.1 Å². The Morgan fingerprint density at radius 2 is 1.75 bits per heavy atom. The lowest BCUT2D eigenvalue weighted by Crippen LogP contribution is -2.15. The first-order valence-corrected chi connectivity index (χ1v) is 11.3. The molecule has 2 aromatic carbocycles. The van der Waals surface area contributed by atoms with E-state index in [1.54, 1.807) is 13.8 Å². The number of sulfone groups is 1. The Morgan fingerprint density at radius 3 is 2.36 bits per heavy atom. The number of carbonyl (C=O) groups excluding carboxylic acids is 1. The van der Waals surface area contributed by atoms with Crippen molar-refractivity contribution in [3.8, 4) is 11.3 Å². The third-order valence-electron chi connectivity index (χ3n) is 4.45. The van der Waals surface area contributed by atoms with Crippen molar-refractivity contribution in [1.82, 2.24) is 4.98 Å². The lowest BCUT2D eigenvalue weighted by Gasteiger charge is -2.08. The Bertz CT molecular complexity index is 1110. The number of amides is 1. The van der Waals surface area contributed by atoms with Crippen LogP contribution in [0.5, 0.6) is 0 Å². The first kappa shape index (κ1) is 20.2. The number of aromatic nitrogens is 1. The average Bonchev–Trinajstić information content (AvgIpc) is 3.09. The number of rotatable bonds is 5. The maximum absolute atomic E-state index is 12.5. The van der Waals surface area contributed by atoms with E-state index in [1.807, 2.05) is 31.4 Å². The summed E-state index contributed by atoms with van der Waals surface area (Å²) in [4.78, 5) is 17.2. The molecule has 146 valence electrons. The molecule has 0 saturated heterocycles. The first-order chi connectivity index (χ1) is 13.2. The minimum Gasteiger partial charge on any atom is -0.298 e. The van der Waals surface area contributed by atoms with Gasteiger partial charge in [-0.05, 0) is 57.5 Å². The van der Waals surface area contributed by atoms with Crippen molar-refractivity contribution >= 4 is 32.2 Å². The van der Waals surface area contributed by atoms with Crippen LogP contribution in [0.25, 0.3) is 11.3 Å². The van der Waals surface area contributed by atoms with Gasteiger partial charge in [-0.2, -0.15) is 0 Å². The van der Waals surface area contributed by atoms with Crippen molar-refractivity contribution in [2.24, 2.45) is 0 Å². The van der Waals surface area contributed by atoms with E-state index in [1.165, 1.54) is 41.2 Å². The lowest BCUT2D eigenvalue weighted by molar-refractivity contribution is 0.102. The molecular formula is C21H22N2O3S2. The summed E-state index contributed by atoms with van der Waals surface area (Å²) in [5.41, 5.74) is 4.55. The lowest BCUT2D eigenvalue weighted by atomic mass is 10.0. The van der Waals surface area contributed by atoms with Crippen LogP contribution >= 0.6 is 11.3 Å². The Hall–Kier alpha value is -2.51. The fourth-order valence-electron chi connectivity index (χ4n) is 2.79. The molecule has 0 aliphatic rings. The van der Waals surface area contributed by atoms with Gasteiger partial charge in [0.25, 0.3) is 5.91 Å². The predicted octanol–water partition coefficient (Wildman–Crippen LogP) is 4.86. The van der Waals surface area contributed by atoms with Gasteiger partial charge < -0.3 is 0 Å². The number of thiazole rings is 1. The highest BCUT2D eigenvalue weighted by atomic mass is 32.2. The number of hydrogen-bond donors (Lipinski definition) is 1. The SMILES string of the molecule is Cc1ccc(-c2csc(NC(=O)c3ccc(S(=O)(=O)C(C)C)cc3)n2)c(C)c1. The van der Waals surface area contributed by atoms with Gasteiger partial charge in [0, 0.05) is 16.5 Å². The van der Waals surface area contributed by atoms with Crippen LogP contribution in [0.4, 0.5) is 5.13 Å². The van der Waals surface area contributed by atoms with Crippen LogP contribution in [0.1, 0.15) is 35.3 Å². The molecule has 0 saturated carbocycles. The normalized spacial score (nSPS) is 11.6. The highest BCUT2D eigenvalue weighted by Crippen LogP contribution is 2.28. The fourth-order valence-corrected chi connectivity index (χ4v) is 4.56. The number of hydrogen-bond acceptors (Lipinski definition) is 5. The zero-order valence-electron chi connectivity index (χ0n) is 16.2. The van der Waals surface area contributed by atoms with E-state index < -0.39 is 15.1 Å². The highest BCUT2D eigenvalue weighted by molar-refractivity contribution is 7.92. The van der Waals surface area contributed by atoms with E-state index in [4.69, 9.17) is 0 Å². The van der Waals surface area contributed by atoms with Gasteiger partial charge in [-0.25, -0.2) is 13.4 Å². The first-order valence-electron chi connectivity index (χ1n) is 8.87. The molecule has 0 spiro atoms. The fraction of sp³-hybridized carbons (Fsp3) is 0.238. The molecule has 1 aromatic heterocycles. The summed E-state index contributed by atoms with van der Waals surface area (Å²) in [6.45, 7) is 7.34. The molecule has 28 heavy (non-hydrogen) atoms. The number of carbonyl (C=O) groups is 1. The van der Waals surface area contributed by atoms with Crippen molar-refractivity contribution in [1.29, 1.82) is 0 Å². The van der Waals surface area contributed by atoms with Crippen molar-refractivity contribution in [2.45, 2.75) is 37.8 Å². The summed E-state index contributed by atoms with van der Waals surface area (Å²) in [5.74, 6) is -0.324. The standard InChI is InChI=1S/C21H22N2O3S2/c1-13(2)28(25,26)17-8-6-16(7-9-17)20(24)23-21-22-19(12-27-21)18-10-5-14(3)11-15(18)4/h5-13H,1-4H3,(H,22,23,24). The summed E-state index contributed by atoms with van der Waals surface area (Å²) < 4.78 is 24.4. The van der Waals surface area contributed by atoms with E-state index in [9.17, 15) is 13.2 Å². The molecule has 0 fully saturated rings. The van der Waals surface area contributed by atoms with Crippen molar-refractivity contribution in [3.63, 3.8) is 0 Å². The Labute approximate surface area is 169 Å². The highest BCUT2D eigenvalue weighted by Gasteiger charge is 2.19. The predicted molar refractivity (Wildman–Crippen MR) is 114 cm³/mol. The molecule has 1 heterocycles. The number of nitrogens with one attached hydrogen (secondary N) is 1. The third kappa shape index (κ3) is 4.15. The second-order valence-corrected chi connectivity index (χ2v) is 10.3. The van der Waals surface area contributed by atoms with Crippen molar-refractivity contribution in [2.75, 3.05) is 5.32 Å².